The first-order valence-corrected chi connectivity index (χ1v) is 7.36. The molecule has 0 amide bonds. The van der Waals surface area contributed by atoms with E-state index in [9.17, 15) is 0 Å². The van der Waals surface area contributed by atoms with Gasteiger partial charge >= 0.3 is 0 Å². The largest absolute Gasteiger partial charge is 0.354 e. The van der Waals surface area contributed by atoms with Gasteiger partial charge in [0.2, 0.25) is 0 Å². The predicted molar refractivity (Wildman–Crippen MR) is 83.5 cm³/mol. The first kappa shape index (κ1) is 16.0. The minimum absolute atomic E-state index is 0.475. The normalized spacial score (nSPS) is 11.6. The molecule has 1 aromatic rings. The van der Waals surface area contributed by atoms with Crippen LogP contribution in [0.25, 0.3) is 0 Å². The van der Waals surface area contributed by atoms with E-state index in [1.54, 1.807) is 0 Å². The number of pyridine rings is 1. The molecule has 0 aromatic carbocycles. The van der Waals surface area contributed by atoms with Gasteiger partial charge in [0, 0.05) is 25.2 Å². The van der Waals surface area contributed by atoms with Crippen molar-refractivity contribution in [3.05, 3.63) is 23.9 Å². The molecular weight excluding hydrogens is 234 g/mol. The van der Waals surface area contributed by atoms with E-state index < -0.39 is 0 Å². The molecule has 3 nitrogen and oxygen atoms in total. The van der Waals surface area contributed by atoms with Crippen molar-refractivity contribution in [2.24, 2.45) is 5.92 Å². The average molecular weight is 263 g/mol. The highest BCUT2D eigenvalue weighted by Gasteiger charge is 2.13. The highest BCUT2D eigenvalue weighted by molar-refractivity contribution is 5.40. The lowest BCUT2D eigenvalue weighted by Crippen LogP contribution is -2.35. The summed E-state index contributed by atoms with van der Waals surface area (Å²) in [5.41, 5.74) is 1.11. The molecule has 1 rings (SSSR count). The number of anilines is 1. The van der Waals surface area contributed by atoms with Crippen LogP contribution in [0, 0.1) is 5.92 Å². The summed E-state index contributed by atoms with van der Waals surface area (Å²) in [5.74, 6) is 1.73. The lowest BCUT2D eigenvalue weighted by atomic mass is 10.1. The molecule has 1 aromatic heterocycles. The molecule has 3 heteroatoms. The lowest BCUT2D eigenvalue weighted by Gasteiger charge is -2.30. The second-order valence-corrected chi connectivity index (χ2v) is 6.16. The van der Waals surface area contributed by atoms with Gasteiger partial charge in [-0.1, -0.05) is 33.8 Å². The van der Waals surface area contributed by atoms with E-state index in [4.69, 9.17) is 4.98 Å². The van der Waals surface area contributed by atoms with Crippen molar-refractivity contribution in [3.8, 4) is 0 Å². The van der Waals surface area contributed by atoms with Gasteiger partial charge in [-0.3, -0.25) is 0 Å². The molecule has 0 aliphatic heterocycles. The Kier molecular flexibility index (Phi) is 6.29. The molecule has 0 unspecified atom stereocenters. The number of hydrogen-bond donors (Lipinski definition) is 1. The van der Waals surface area contributed by atoms with Gasteiger partial charge < -0.3 is 10.2 Å². The highest BCUT2D eigenvalue weighted by atomic mass is 15.2. The van der Waals surface area contributed by atoms with Gasteiger partial charge in [0.05, 0.1) is 5.69 Å². The van der Waals surface area contributed by atoms with Crippen LogP contribution < -0.4 is 10.2 Å². The van der Waals surface area contributed by atoms with Crippen LogP contribution in [0.3, 0.4) is 0 Å². The van der Waals surface area contributed by atoms with Crippen molar-refractivity contribution in [2.75, 3.05) is 11.4 Å². The van der Waals surface area contributed by atoms with E-state index in [0.29, 0.717) is 18.0 Å². The first-order chi connectivity index (χ1) is 8.90. The van der Waals surface area contributed by atoms with Crippen LogP contribution in [0.15, 0.2) is 18.2 Å². The van der Waals surface area contributed by atoms with Crippen molar-refractivity contribution < 1.29 is 0 Å². The molecule has 108 valence electrons. The van der Waals surface area contributed by atoms with Gasteiger partial charge in [-0.15, -0.1) is 0 Å². The fourth-order valence-electron chi connectivity index (χ4n) is 2.00. The molecule has 0 aliphatic carbocycles. The maximum Gasteiger partial charge on any atom is 0.129 e. The van der Waals surface area contributed by atoms with E-state index in [-0.39, 0.29) is 0 Å². The number of aromatic nitrogens is 1. The van der Waals surface area contributed by atoms with Crippen LogP contribution in [0.2, 0.25) is 0 Å². The molecule has 1 heterocycles. The minimum Gasteiger partial charge on any atom is -0.354 e. The summed E-state index contributed by atoms with van der Waals surface area (Å²) in [4.78, 5) is 7.16. The molecule has 0 saturated heterocycles. The number of hydrogen-bond acceptors (Lipinski definition) is 3. The summed E-state index contributed by atoms with van der Waals surface area (Å²) in [6.07, 6.45) is 0. The average Bonchev–Trinajstić information content (AvgIpc) is 2.33. The van der Waals surface area contributed by atoms with Crippen LogP contribution in [0.1, 0.15) is 47.2 Å². The molecule has 0 radical (unpaired) electrons. The Bertz CT molecular complexity index is 372. The second-order valence-electron chi connectivity index (χ2n) is 6.16. The summed E-state index contributed by atoms with van der Waals surface area (Å²) in [6, 6.07) is 7.27. The molecule has 19 heavy (non-hydrogen) atoms. The fraction of sp³-hybridized carbons (Fsp3) is 0.688. The fourth-order valence-corrected chi connectivity index (χ4v) is 2.00. The molecule has 0 bridgehead atoms. The van der Waals surface area contributed by atoms with E-state index in [2.05, 4.69) is 70.0 Å². The summed E-state index contributed by atoms with van der Waals surface area (Å²) in [5, 5.41) is 3.42. The van der Waals surface area contributed by atoms with Crippen LogP contribution in [0.5, 0.6) is 0 Å². The van der Waals surface area contributed by atoms with Crippen molar-refractivity contribution in [2.45, 2.75) is 60.2 Å². The number of nitrogens with zero attached hydrogens (tertiary/aromatic N) is 2. The van der Waals surface area contributed by atoms with Gasteiger partial charge in [-0.05, 0) is 31.9 Å². The third-order valence-electron chi connectivity index (χ3n) is 2.96. The minimum atomic E-state index is 0.475. The number of rotatable bonds is 7. The second kappa shape index (κ2) is 7.49. The summed E-state index contributed by atoms with van der Waals surface area (Å²) in [6.45, 7) is 15.1. The standard InChI is InChI=1S/C16H29N3/c1-12(2)11-19(14(5)6)16-9-7-8-15(18-16)10-17-13(3)4/h7-9,12-14,17H,10-11H2,1-6H3. The van der Waals surface area contributed by atoms with Crippen LogP contribution >= 0.6 is 0 Å². The summed E-state index contributed by atoms with van der Waals surface area (Å²) >= 11 is 0. The van der Waals surface area contributed by atoms with E-state index in [0.717, 1.165) is 24.6 Å². The van der Waals surface area contributed by atoms with Gasteiger partial charge in [0.15, 0.2) is 0 Å². The zero-order chi connectivity index (χ0) is 14.4. The van der Waals surface area contributed by atoms with E-state index >= 15 is 0 Å². The zero-order valence-corrected chi connectivity index (χ0v) is 13.3. The molecule has 0 atom stereocenters. The highest BCUT2D eigenvalue weighted by Crippen LogP contribution is 2.16. The maximum atomic E-state index is 4.78. The Morgan fingerprint density at radius 1 is 1.11 bits per heavy atom. The third-order valence-corrected chi connectivity index (χ3v) is 2.96. The summed E-state index contributed by atoms with van der Waals surface area (Å²) in [7, 11) is 0. The van der Waals surface area contributed by atoms with Crippen LogP contribution in [-0.4, -0.2) is 23.6 Å². The quantitative estimate of drug-likeness (QED) is 0.816. The van der Waals surface area contributed by atoms with Gasteiger partial charge in [0.25, 0.3) is 0 Å². The summed E-state index contributed by atoms with van der Waals surface area (Å²) < 4.78 is 0. The monoisotopic (exact) mass is 263 g/mol. The van der Waals surface area contributed by atoms with E-state index in [1.807, 2.05) is 0 Å². The maximum absolute atomic E-state index is 4.78. The Balaban J connectivity index is 2.82. The Hall–Kier alpha value is -1.09. The van der Waals surface area contributed by atoms with Crippen molar-refractivity contribution in [3.63, 3.8) is 0 Å². The molecular formula is C16H29N3. The first-order valence-electron chi connectivity index (χ1n) is 7.36. The Labute approximate surface area is 118 Å². The van der Waals surface area contributed by atoms with Crippen molar-refractivity contribution in [1.29, 1.82) is 0 Å². The predicted octanol–water partition coefficient (Wildman–Crippen LogP) is 3.45. The smallest absolute Gasteiger partial charge is 0.129 e. The molecule has 1 N–H and O–H groups in total. The lowest BCUT2D eigenvalue weighted by molar-refractivity contribution is 0.560. The Morgan fingerprint density at radius 3 is 2.32 bits per heavy atom. The van der Waals surface area contributed by atoms with Gasteiger partial charge in [0.1, 0.15) is 5.82 Å². The van der Waals surface area contributed by atoms with Crippen LogP contribution in [0.4, 0.5) is 5.82 Å². The molecule has 0 aliphatic rings. The van der Waals surface area contributed by atoms with Crippen molar-refractivity contribution in [1.82, 2.24) is 10.3 Å². The van der Waals surface area contributed by atoms with E-state index in [1.165, 1.54) is 0 Å². The molecule has 0 saturated carbocycles. The number of nitrogens with one attached hydrogen (secondary N) is 1. The molecule has 0 fully saturated rings. The van der Waals surface area contributed by atoms with Crippen molar-refractivity contribution >= 4 is 5.82 Å². The van der Waals surface area contributed by atoms with Gasteiger partial charge in [-0.25, -0.2) is 4.98 Å². The van der Waals surface area contributed by atoms with Crippen LogP contribution in [-0.2, 0) is 6.54 Å². The SMILES string of the molecule is CC(C)CN(c1cccc(CNC(C)C)n1)C(C)C. The topological polar surface area (TPSA) is 28.2 Å². The zero-order valence-electron chi connectivity index (χ0n) is 13.3. The third kappa shape index (κ3) is 5.60. The molecule has 0 spiro atoms. The Morgan fingerprint density at radius 2 is 1.79 bits per heavy atom. The van der Waals surface area contributed by atoms with Gasteiger partial charge in [-0.2, -0.15) is 0 Å².